The quantitative estimate of drug-likeness (QED) is 0.759. The Morgan fingerprint density at radius 1 is 1.21 bits per heavy atom. The van der Waals surface area contributed by atoms with Crippen LogP contribution >= 0.6 is 0 Å². The van der Waals surface area contributed by atoms with Gasteiger partial charge in [0.25, 0.3) is 0 Å². The molecule has 3 nitrogen and oxygen atoms in total. The molecule has 0 radical (unpaired) electrons. The van der Waals surface area contributed by atoms with Crippen LogP contribution < -0.4 is 4.74 Å². The van der Waals surface area contributed by atoms with Crippen LogP contribution in [-0.2, 0) is 9.74 Å². The molecule has 0 aliphatic carbocycles. The third-order valence-electron chi connectivity index (χ3n) is 1.30. The third kappa shape index (κ3) is 2.38. The number of rotatable bonds is 3. The lowest BCUT2D eigenvalue weighted by Gasteiger charge is -2.12. The van der Waals surface area contributed by atoms with E-state index in [1.807, 2.05) is 0 Å². The molecule has 14 heavy (non-hydrogen) atoms. The minimum absolute atomic E-state index is 0.261. The van der Waals surface area contributed by atoms with Crippen molar-refractivity contribution in [3.8, 4) is 5.75 Å². The van der Waals surface area contributed by atoms with Gasteiger partial charge in [-0.1, -0.05) is 18.2 Å². The highest BCUT2D eigenvalue weighted by atomic mass is 19.3. The van der Waals surface area contributed by atoms with Crippen molar-refractivity contribution in [3.63, 3.8) is 0 Å². The van der Waals surface area contributed by atoms with Crippen LogP contribution in [0.3, 0.4) is 0 Å². The van der Waals surface area contributed by atoms with Crippen LogP contribution in [0.15, 0.2) is 30.3 Å². The van der Waals surface area contributed by atoms with Gasteiger partial charge in [-0.25, -0.2) is 9.74 Å². The van der Waals surface area contributed by atoms with Crippen molar-refractivity contribution >= 4 is 5.97 Å². The van der Waals surface area contributed by atoms with Gasteiger partial charge < -0.3 is 4.74 Å². The average Bonchev–Trinajstić information content (AvgIpc) is 2.17. The second-order valence-electron chi connectivity index (χ2n) is 2.30. The Morgan fingerprint density at radius 2 is 1.79 bits per heavy atom. The van der Waals surface area contributed by atoms with Crippen LogP contribution in [0, 0.1) is 0 Å². The number of ether oxygens (including phenoxy) is 1. The van der Waals surface area contributed by atoms with Gasteiger partial charge in [-0.05, 0) is 12.1 Å². The zero-order chi connectivity index (χ0) is 10.6. The Morgan fingerprint density at radius 3 is 2.29 bits per heavy atom. The summed E-state index contributed by atoms with van der Waals surface area (Å²) in [5.74, 6) is -2.65. The monoisotopic (exact) mass is 206 g/mol. The Kier molecular flexibility index (Phi) is 2.95. The van der Waals surface area contributed by atoms with Crippen LogP contribution in [0.4, 0.5) is 13.3 Å². The standard InChI is InChI=1S/C8H5F3O3/c9-8(10,7(12)14-11)13-6-4-2-1-3-5-6/h1-5H. The molecule has 0 N–H and O–H groups in total. The topological polar surface area (TPSA) is 35.5 Å². The zero-order valence-corrected chi connectivity index (χ0v) is 6.75. The predicted molar refractivity (Wildman–Crippen MR) is 39.2 cm³/mol. The maximum atomic E-state index is 12.6. The van der Waals surface area contributed by atoms with Crippen molar-refractivity contribution in [2.24, 2.45) is 0 Å². The van der Waals surface area contributed by atoms with E-state index >= 15 is 0 Å². The molecular weight excluding hydrogens is 201 g/mol. The SMILES string of the molecule is O=C(OF)C(F)(F)Oc1ccccc1. The van der Waals surface area contributed by atoms with Crippen molar-refractivity contribution in [2.75, 3.05) is 0 Å². The van der Waals surface area contributed by atoms with Crippen molar-refractivity contribution in [2.45, 2.75) is 6.11 Å². The lowest BCUT2D eigenvalue weighted by Crippen LogP contribution is -2.35. The number of alkyl halides is 2. The molecule has 0 aliphatic rings. The molecule has 0 bridgehead atoms. The van der Waals surface area contributed by atoms with E-state index in [2.05, 4.69) is 9.68 Å². The maximum Gasteiger partial charge on any atom is 0.505 e. The van der Waals surface area contributed by atoms with E-state index in [4.69, 9.17) is 0 Å². The molecular formula is C8H5F3O3. The number of hydrogen-bond donors (Lipinski definition) is 0. The normalized spacial score (nSPS) is 10.8. The first kappa shape index (κ1) is 10.4. The molecule has 0 fully saturated rings. The molecule has 0 aromatic heterocycles. The first-order chi connectivity index (χ1) is 6.56. The summed E-state index contributed by atoms with van der Waals surface area (Å²) >= 11 is 0. The van der Waals surface area contributed by atoms with Gasteiger partial charge in [0.1, 0.15) is 5.75 Å². The molecule has 0 aliphatic heterocycles. The molecule has 0 heterocycles. The molecule has 0 saturated carbocycles. The lowest BCUT2D eigenvalue weighted by molar-refractivity contribution is -0.247. The van der Waals surface area contributed by atoms with Crippen molar-refractivity contribution < 1.29 is 27.8 Å². The van der Waals surface area contributed by atoms with Crippen LogP contribution in [-0.4, -0.2) is 12.1 Å². The fourth-order valence-corrected chi connectivity index (χ4v) is 0.723. The lowest BCUT2D eigenvalue weighted by atomic mass is 10.3. The number of hydrogen-bond acceptors (Lipinski definition) is 3. The average molecular weight is 206 g/mol. The summed E-state index contributed by atoms with van der Waals surface area (Å²) in [6.07, 6.45) is -4.32. The second kappa shape index (κ2) is 3.99. The maximum absolute atomic E-state index is 12.6. The van der Waals surface area contributed by atoms with Crippen LogP contribution in [0.25, 0.3) is 0 Å². The summed E-state index contributed by atoms with van der Waals surface area (Å²) in [4.78, 5) is 12.5. The number of benzene rings is 1. The molecule has 0 unspecified atom stereocenters. The first-order valence-corrected chi connectivity index (χ1v) is 3.51. The van der Waals surface area contributed by atoms with Crippen molar-refractivity contribution in [1.82, 2.24) is 0 Å². The molecule has 1 aromatic rings. The second-order valence-corrected chi connectivity index (χ2v) is 2.30. The van der Waals surface area contributed by atoms with Crippen LogP contribution in [0.5, 0.6) is 5.75 Å². The van der Waals surface area contributed by atoms with Gasteiger partial charge >= 0.3 is 12.1 Å². The smallest absolute Gasteiger partial charge is 0.424 e. The van der Waals surface area contributed by atoms with E-state index in [1.165, 1.54) is 24.3 Å². The van der Waals surface area contributed by atoms with Gasteiger partial charge in [-0.2, -0.15) is 8.78 Å². The van der Waals surface area contributed by atoms with E-state index < -0.39 is 12.1 Å². The number of carbonyl (C=O) groups excluding carboxylic acids is 1. The summed E-state index contributed by atoms with van der Waals surface area (Å²) in [5, 5.41) is 0. The summed E-state index contributed by atoms with van der Waals surface area (Å²) in [5.41, 5.74) is 0. The van der Waals surface area contributed by atoms with Crippen LogP contribution in [0.1, 0.15) is 0 Å². The molecule has 1 rings (SSSR count). The fourth-order valence-electron chi connectivity index (χ4n) is 0.723. The molecule has 0 atom stereocenters. The predicted octanol–water partition coefficient (Wildman–Crippen LogP) is 2.09. The highest BCUT2D eigenvalue weighted by Crippen LogP contribution is 2.22. The Labute approximate surface area is 76.9 Å². The highest BCUT2D eigenvalue weighted by molar-refractivity contribution is 5.75. The van der Waals surface area contributed by atoms with E-state index in [1.54, 1.807) is 6.07 Å². The van der Waals surface area contributed by atoms with Gasteiger partial charge in [-0.15, -0.1) is 0 Å². The van der Waals surface area contributed by atoms with Gasteiger partial charge in [0.15, 0.2) is 0 Å². The van der Waals surface area contributed by atoms with Crippen molar-refractivity contribution in [1.29, 1.82) is 0 Å². The van der Waals surface area contributed by atoms with E-state index in [0.29, 0.717) is 0 Å². The third-order valence-corrected chi connectivity index (χ3v) is 1.30. The molecule has 1 aromatic carbocycles. The molecule has 76 valence electrons. The van der Waals surface area contributed by atoms with Crippen molar-refractivity contribution in [3.05, 3.63) is 30.3 Å². The molecule has 0 amide bonds. The first-order valence-electron chi connectivity index (χ1n) is 3.51. The summed E-state index contributed by atoms with van der Waals surface area (Å²) in [6, 6.07) is 6.80. The largest absolute Gasteiger partial charge is 0.505 e. The van der Waals surface area contributed by atoms with Gasteiger partial charge in [0.05, 0.1) is 0 Å². The Hall–Kier alpha value is -1.72. The van der Waals surface area contributed by atoms with Crippen LogP contribution in [0.2, 0.25) is 0 Å². The minimum Gasteiger partial charge on any atom is -0.424 e. The van der Waals surface area contributed by atoms with E-state index in [0.717, 1.165) is 0 Å². The summed E-state index contributed by atoms with van der Waals surface area (Å²) < 4.78 is 40.2. The minimum atomic E-state index is -4.32. The molecule has 6 heteroatoms. The molecule has 0 saturated heterocycles. The van der Waals surface area contributed by atoms with E-state index in [9.17, 15) is 18.1 Å². The molecule has 0 spiro atoms. The highest BCUT2D eigenvalue weighted by Gasteiger charge is 2.45. The number of halogens is 3. The Balaban J connectivity index is 2.73. The number of para-hydroxylation sites is 1. The zero-order valence-electron chi connectivity index (χ0n) is 6.75. The fraction of sp³-hybridized carbons (Fsp3) is 0.125. The Bertz CT molecular complexity index is 313. The van der Waals surface area contributed by atoms with Gasteiger partial charge in [0.2, 0.25) is 0 Å². The van der Waals surface area contributed by atoms with Gasteiger partial charge in [0, 0.05) is 4.53 Å². The van der Waals surface area contributed by atoms with E-state index in [-0.39, 0.29) is 5.75 Å². The summed E-state index contributed by atoms with van der Waals surface area (Å²) in [7, 11) is 0. The number of carbonyl (C=O) groups is 1. The van der Waals surface area contributed by atoms with Gasteiger partial charge in [-0.3, -0.25) is 0 Å². The summed E-state index contributed by atoms with van der Waals surface area (Å²) in [6.45, 7) is 0.